The fourth-order valence-corrected chi connectivity index (χ4v) is 2.39. The number of hydrogen-bond acceptors (Lipinski definition) is 3. The number of amides is 1. The van der Waals surface area contributed by atoms with Gasteiger partial charge in [0.1, 0.15) is 0 Å². The van der Waals surface area contributed by atoms with Crippen molar-refractivity contribution in [2.24, 2.45) is 0 Å². The molecule has 1 N–H and O–H groups in total. The lowest BCUT2D eigenvalue weighted by Crippen LogP contribution is -2.22. The summed E-state index contributed by atoms with van der Waals surface area (Å²) in [5, 5.41) is 2.84. The zero-order chi connectivity index (χ0) is 16.8. The lowest BCUT2D eigenvalue weighted by Gasteiger charge is -2.13. The van der Waals surface area contributed by atoms with Gasteiger partial charge in [-0.25, -0.2) is 4.79 Å². The molecule has 0 fully saturated rings. The smallest absolute Gasteiger partial charge is 0.338 e. The van der Waals surface area contributed by atoms with E-state index in [-0.39, 0.29) is 12.5 Å². The molecule has 0 aliphatic rings. The van der Waals surface area contributed by atoms with E-state index in [4.69, 9.17) is 4.74 Å². The van der Waals surface area contributed by atoms with Crippen molar-refractivity contribution in [3.8, 4) is 0 Å². The molecule has 0 spiro atoms. The standard InChI is InChI=1S/C19H21NO3/c1-4-15-10-7-9-14(3)18(15)20-17(21)12-23-19(22)16-11-6-5-8-13(16)2/h5-11H,4,12H2,1-3H3,(H,20,21). The van der Waals surface area contributed by atoms with Crippen molar-refractivity contribution in [3.05, 3.63) is 64.7 Å². The van der Waals surface area contributed by atoms with Crippen molar-refractivity contribution in [2.75, 3.05) is 11.9 Å². The van der Waals surface area contributed by atoms with E-state index in [9.17, 15) is 9.59 Å². The third-order valence-electron chi connectivity index (χ3n) is 3.70. The lowest BCUT2D eigenvalue weighted by molar-refractivity contribution is -0.119. The van der Waals surface area contributed by atoms with Crippen molar-refractivity contribution in [3.63, 3.8) is 0 Å². The molecule has 0 aliphatic carbocycles. The van der Waals surface area contributed by atoms with Crippen LogP contribution in [0.3, 0.4) is 0 Å². The number of carbonyl (C=O) groups excluding carboxylic acids is 2. The van der Waals surface area contributed by atoms with Crippen LogP contribution in [-0.4, -0.2) is 18.5 Å². The number of benzene rings is 2. The summed E-state index contributed by atoms with van der Waals surface area (Å²) in [6.07, 6.45) is 0.820. The molecule has 2 rings (SSSR count). The molecular weight excluding hydrogens is 290 g/mol. The second-order valence-corrected chi connectivity index (χ2v) is 5.40. The summed E-state index contributed by atoms with van der Waals surface area (Å²) in [5.74, 6) is -0.824. The van der Waals surface area contributed by atoms with Gasteiger partial charge in [0.15, 0.2) is 6.61 Å². The first-order chi connectivity index (χ1) is 11.0. The van der Waals surface area contributed by atoms with Gasteiger partial charge in [-0.3, -0.25) is 4.79 Å². The number of anilines is 1. The molecule has 0 heterocycles. The fourth-order valence-electron chi connectivity index (χ4n) is 2.39. The van der Waals surface area contributed by atoms with Crippen LogP contribution in [0.25, 0.3) is 0 Å². The van der Waals surface area contributed by atoms with E-state index >= 15 is 0 Å². The Morgan fingerprint density at radius 2 is 1.70 bits per heavy atom. The molecule has 4 nitrogen and oxygen atoms in total. The number of hydrogen-bond donors (Lipinski definition) is 1. The SMILES string of the molecule is CCc1cccc(C)c1NC(=O)COC(=O)c1ccccc1C. The quantitative estimate of drug-likeness (QED) is 0.857. The van der Waals surface area contributed by atoms with Gasteiger partial charge in [-0.2, -0.15) is 0 Å². The molecule has 0 aromatic heterocycles. The summed E-state index contributed by atoms with van der Waals surface area (Å²) in [6.45, 7) is 5.50. The topological polar surface area (TPSA) is 55.4 Å². The highest BCUT2D eigenvalue weighted by atomic mass is 16.5. The van der Waals surface area contributed by atoms with Crippen LogP contribution >= 0.6 is 0 Å². The van der Waals surface area contributed by atoms with Crippen LogP contribution in [0.1, 0.15) is 34.0 Å². The van der Waals surface area contributed by atoms with Crippen molar-refractivity contribution < 1.29 is 14.3 Å². The average molecular weight is 311 g/mol. The molecule has 2 aromatic carbocycles. The number of esters is 1. The predicted octanol–water partition coefficient (Wildman–Crippen LogP) is 3.66. The van der Waals surface area contributed by atoms with E-state index < -0.39 is 5.97 Å². The number of rotatable bonds is 5. The normalized spacial score (nSPS) is 10.2. The second kappa shape index (κ2) is 7.58. The van der Waals surface area contributed by atoms with E-state index in [0.717, 1.165) is 28.8 Å². The number of ether oxygens (including phenoxy) is 1. The monoisotopic (exact) mass is 311 g/mol. The Balaban J connectivity index is 1.99. The minimum Gasteiger partial charge on any atom is -0.452 e. The highest BCUT2D eigenvalue weighted by molar-refractivity contribution is 5.96. The maximum atomic E-state index is 12.1. The maximum absolute atomic E-state index is 12.1. The summed E-state index contributed by atoms with van der Waals surface area (Å²) >= 11 is 0. The first-order valence-electron chi connectivity index (χ1n) is 7.64. The summed E-state index contributed by atoms with van der Waals surface area (Å²) in [4.78, 5) is 24.1. The molecule has 0 radical (unpaired) electrons. The molecule has 0 atom stereocenters. The Morgan fingerprint density at radius 1 is 1.00 bits per heavy atom. The minimum atomic E-state index is -0.487. The Labute approximate surface area is 136 Å². The summed E-state index contributed by atoms with van der Waals surface area (Å²) < 4.78 is 5.11. The van der Waals surface area contributed by atoms with Crippen molar-refractivity contribution in [2.45, 2.75) is 27.2 Å². The highest BCUT2D eigenvalue weighted by Crippen LogP contribution is 2.21. The largest absolute Gasteiger partial charge is 0.452 e. The summed E-state index contributed by atoms with van der Waals surface area (Å²) in [5.41, 5.74) is 4.15. The third kappa shape index (κ3) is 4.19. The molecular formula is C19H21NO3. The van der Waals surface area contributed by atoms with Crippen LogP contribution in [0.5, 0.6) is 0 Å². The lowest BCUT2D eigenvalue weighted by atomic mass is 10.1. The number of aryl methyl sites for hydroxylation is 3. The minimum absolute atomic E-state index is 0.301. The van der Waals surface area contributed by atoms with E-state index in [1.54, 1.807) is 12.1 Å². The molecule has 0 unspecified atom stereocenters. The molecule has 0 saturated carbocycles. The molecule has 0 aliphatic heterocycles. The molecule has 2 aromatic rings. The Hall–Kier alpha value is -2.62. The zero-order valence-electron chi connectivity index (χ0n) is 13.7. The molecule has 4 heteroatoms. The van der Waals surface area contributed by atoms with Gasteiger partial charge in [0.05, 0.1) is 5.56 Å². The Kier molecular flexibility index (Phi) is 5.52. The highest BCUT2D eigenvalue weighted by Gasteiger charge is 2.13. The van der Waals surface area contributed by atoms with Crippen molar-refractivity contribution >= 4 is 17.6 Å². The summed E-state index contributed by atoms with van der Waals surface area (Å²) in [7, 11) is 0. The molecule has 0 saturated heterocycles. The molecule has 23 heavy (non-hydrogen) atoms. The second-order valence-electron chi connectivity index (χ2n) is 5.40. The number of para-hydroxylation sites is 1. The van der Waals surface area contributed by atoms with Crippen LogP contribution in [0.15, 0.2) is 42.5 Å². The molecule has 1 amide bonds. The van der Waals surface area contributed by atoms with Crippen molar-refractivity contribution in [1.29, 1.82) is 0 Å². The van der Waals surface area contributed by atoms with Gasteiger partial charge in [0, 0.05) is 5.69 Å². The summed E-state index contributed by atoms with van der Waals surface area (Å²) in [6, 6.07) is 13.0. The van der Waals surface area contributed by atoms with Gasteiger partial charge in [-0.05, 0) is 43.0 Å². The number of nitrogens with one attached hydrogen (secondary N) is 1. The first kappa shape index (κ1) is 16.7. The van der Waals surface area contributed by atoms with Crippen LogP contribution in [0, 0.1) is 13.8 Å². The van der Waals surface area contributed by atoms with Gasteiger partial charge < -0.3 is 10.1 Å². The molecule has 0 bridgehead atoms. The van der Waals surface area contributed by atoms with Gasteiger partial charge in [-0.15, -0.1) is 0 Å². The van der Waals surface area contributed by atoms with Gasteiger partial charge in [-0.1, -0.05) is 43.3 Å². The average Bonchev–Trinajstić information content (AvgIpc) is 2.55. The third-order valence-corrected chi connectivity index (χ3v) is 3.70. The van der Waals surface area contributed by atoms with E-state index in [0.29, 0.717) is 5.56 Å². The van der Waals surface area contributed by atoms with Gasteiger partial charge >= 0.3 is 5.97 Å². The van der Waals surface area contributed by atoms with Gasteiger partial charge in [0.2, 0.25) is 0 Å². The van der Waals surface area contributed by atoms with Crippen LogP contribution < -0.4 is 5.32 Å². The van der Waals surface area contributed by atoms with E-state index in [1.165, 1.54) is 0 Å². The first-order valence-corrected chi connectivity index (χ1v) is 7.64. The number of carbonyl (C=O) groups is 2. The fraction of sp³-hybridized carbons (Fsp3) is 0.263. The van der Waals surface area contributed by atoms with Crippen LogP contribution in [0.2, 0.25) is 0 Å². The Morgan fingerprint density at radius 3 is 2.39 bits per heavy atom. The van der Waals surface area contributed by atoms with Crippen LogP contribution in [-0.2, 0) is 16.0 Å². The van der Waals surface area contributed by atoms with Gasteiger partial charge in [0.25, 0.3) is 5.91 Å². The van der Waals surface area contributed by atoms with E-state index in [2.05, 4.69) is 5.32 Å². The van der Waals surface area contributed by atoms with Crippen molar-refractivity contribution in [1.82, 2.24) is 0 Å². The Bertz CT molecular complexity index is 722. The van der Waals surface area contributed by atoms with Crippen LogP contribution in [0.4, 0.5) is 5.69 Å². The predicted molar refractivity (Wildman–Crippen MR) is 90.6 cm³/mol. The zero-order valence-corrected chi connectivity index (χ0v) is 13.7. The van der Waals surface area contributed by atoms with E-state index in [1.807, 2.05) is 51.1 Å². The maximum Gasteiger partial charge on any atom is 0.338 e. The molecule has 120 valence electrons.